The van der Waals surface area contributed by atoms with Crippen molar-refractivity contribution in [1.82, 2.24) is 0 Å². The number of hydrogen-bond donors (Lipinski definition) is 0. The quantitative estimate of drug-likeness (QED) is 0.0261. The zero-order chi connectivity index (χ0) is 59.9. The van der Waals surface area contributed by atoms with Crippen LogP contribution in [0.15, 0.2) is 122 Å². The highest BCUT2D eigenvalue weighted by molar-refractivity contribution is 5.71. The smallest absolute Gasteiger partial charge is 0.306 e. The maximum absolute atomic E-state index is 12.9. The van der Waals surface area contributed by atoms with E-state index in [9.17, 15) is 14.4 Å². The molecule has 6 nitrogen and oxygen atoms in total. The Morgan fingerprint density at radius 1 is 0.253 bits per heavy atom. The fourth-order valence-electron chi connectivity index (χ4n) is 9.79. The highest BCUT2D eigenvalue weighted by atomic mass is 16.6. The molecular weight excluding hydrogens is 1020 g/mol. The zero-order valence-electron chi connectivity index (χ0n) is 54.4. The summed E-state index contributed by atoms with van der Waals surface area (Å²) >= 11 is 0. The van der Waals surface area contributed by atoms with E-state index in [2.05, 4.69) is 142 Å². The van der Waals surface area contributed by atoms with Gasteiger partial charge in [-0.25, -0.2) is 0 Å². The molecule has 0 aliphatic rings. The van der Waals surface area contributed by atoms with Gasteiger partial charge < -0.3 is 14.2 Å². The standard InChI is InChI=1S/C77H130O6/c1-4-7-10-13-15-17-19-21-23-25-27-29-31-33-35-37-38-40-41-43-45-47-49-51-53-55-57-59-61-64-67-70-76(79)82-73-74(72-81-75(78)69-66-63-12-9-6-3)83-77(80)71-68-65-62-60-58-56-54-52-50-48-46-44-42-39-36-34-32-30-28-26-24-22-20-18-16-14-11-8-5-2/h7-8,10-11,15-18,21-24,27-30,34,36,42,44,74H,4-6,9,12-14,19-20,25-26,31-33,35,37-41,43,45-73H2,1-3H3/b10-7-,11-8-,17-15-,18-16-,23-21-,24-22-,29-27-,30-28-,36-34-,44-42-. The van der Waals surface area contributed by atoms with Crippen molar-refractivity contribution in [2.24, 2.45) is 0 Å². The molecule has 0 spiro atoms. The van der Waals surface area contributed by atoms with Crippen LogP contribution in [0, 0.1) is 0 Å². The summed E-state index contributed by atoms with van der Waals surface area (Å²) in [5.74, 6) is -0.886. The number of esters is 3. The van der Waals surface area contributed by atoms with Gasteiger partial charge in [-0.3, -0.25) is 14.4 Å². The minimum Gasteiger partial charge on any atom is -0.462 e. The summed E-state index contributed by atoms with van der Waals surface area (Å²) in [6, 6.07) is 0. The first-order chi connectivity index (χ1) is 41.0. The molecule has 0 fully saturated rings. The average molecular weight is 1150 g/mol. The molecule has 1 atom stereocenters. The molecule has 0 aliphatic carbocycles. The van der Waals surface area contributed by atoms with Crippen LogP contribution >= 0.6 is 0 Å². The maximum Gasteiger partial charge on any atom is 0.306 e. The summed E-state index contributed by atoms with van der Waals surface area (Å²) in [6.07, 6.45) is 98.5. The first kappa shape index (κ1) is 78.8. The molecule has 6 heteroatoms. The number of hydrogen-bond acceptors (Lipinski definition) is 6. The molecule has 0 amide bonds. The lowest BCUT2D eigenvalue weighted by Crippen LogP contribution is -2.30. The normalized spacial score (nSPS) is 12.9. The van der Waals surface area contributed by atoms with Crippen molar-refractivity contribution in [3.05, 3.63) is 122 Å². The van der Waals surface area contributed by atoms with E-state index in [0.29, 0.717) is 19.3 Å². The van der Waals surface area contributed by atoms with Gasteiger partial charge >= 0.3 is 17.9 Å². The maximum atomic E-state index is 12.9. The van der Waals surface area contributed by atoms with Crippen molar-refractivity contribution in [3.8, 4) is 0 Å². The molecule has 0 aromatic carbocycles. The molecule has 0 aromatic heterocycles. The summed E-state index contributed by atoms with van der Waals surface area (Å²) in [5.41, 5.74) is 0. The summed E-state index contributed by atoms with van der Waals surface area (Å²) in [6.45, 7) is 6.35. The summed E-state index contributed by atoms with van der Waals surface area (Å²) in [4.78, 5) is 38.0. The topological polar surface area (TPSA) is 78.9 Å². The SMILES string of the molecule is CC/C=C\C/C=C\C/C=C\C/C=C\C/C=C\C/C=C\CCCCCCCCCCCCC(=O)OC(COC(=O)CCCCCCC)COC(=O)CCCCCCCCCCCCCCCCCCCC/C=C\C/C=C\C/C=C\C/C=C\CC. The van der Waals surface area contributed by atoms with Gasteiger partial charge in [0.1, 0.15) is 13.2 Å². The number of carbonyl (C=O) groups is 3. The lowest BCUT2D eigenvalue weighted by atomic mass is 10.0. The Kier molecular flexibility index (Phi) is 66.7. The predicted octanol–water partition coefficient (Wildman–Crippen LogP) is 24.3. The molecule has 0 heterocycles. The molecule has 1 unspecified atom stereocenters. The molecule has 0 aliphatic heterocycles. The molecular formula is C77H130O6. The Labute approximate surface area is 513 Å². The number of ether oxygens (including phenoxy) is 3. The second-order valence-electron chi connectivity index (χ2n) is 23.0. The minimum atomic E-state index is -0.778. The van der Waals surface area contributed by atoms with Gasteiger partial charge in [0.2, 0.25) is 0 Å². The third kappa shape index (κ3) is 68.5. The van der Waals surface area contributed by atoms with E-state index in [4.69, 9.17) is 14.2 Å². The number of carbonyl (C=O) groups excluding carboxylic acids is 3. The van der Waals surface area contributed by atoms with Gasteiger partial charge in [-0.15, -0.1) is 0 Å². The van der Waals surface area contributed by atoms with Crippen LogP contribution in [-0.4, -0.2) is 37.2 Å². The summed E-state index contributed by atoms with van der Waals surface area (Å²) in [7, 11) is 0. The summed E-state index contributed by atoms with van der Waals surface area (Å²) < 4.78 is 16.8. The van der Waals surface area contributed by atoms with Crippen LogP contribution in [0.5, 0.6) is 0 Å². The third-order valence-electron chi connectivity index (χ3n) is 15.0. The predicted molar refractivity (Wildman–Crippen MR) is 362 cm³/mol. The van der Waals surface area contributed by atoms with Crippen molar-refractivity contribution in [2.75, 3.05) is 13.2 Å². The van der Waals surface area contributed by atoms with Gasteiger partial charge in [-0.1, -0.05) is 322 Å². The average Bonchev–Trinajstić information content (AvgIpc) is 3.48. The number of rotatable bonds is 63. The third-order valence-corrected chi connectivity index (χ3v) is 15.0. The molecule has 0 saturated heterocycles. The monoisotopic (exact) mass is 1150 g/mol. The van der Waals surface area contributed by atoms with Gasteiger partial charge in [0, 0.05) is 19.3 Å². The van der Waals surface area contributed by atoms with Gasteiger partial charge in [-0.2, -0.15) is 0 Å². The van der Waals surface area contributed by atoms with E-state index in [1.165, 1.54) is 161 Å². The Morgan fingerprint density at radius 2 is 0.470 bits per heavy atom. The first-order valence-electron chi connectivity index (χ1n) is 35.0. The molecule has 0 bridgehead atoms. The molecule has 0 saturated carbocycles. The van der Waals surface area contributed by atoms with Crippen molar-refractivity contribution < 1.29 is 28.6 Å². The van der Waals surface area contributed by atoms with Gasteiger partial charge in [0.05, 0.1) is 0 Å². The van der Waals surface area contributed by atoms with E-state index in [1.54, 1.807) is 0 Å². The Morgan fingerprint density at radius 3 is 0.735 bits per heavy atom. The van der Waals surface area contributed by atoms with Crippen LogP contribution in [-0.2, 0) is 28.6 Å². The molecule has 0 rings (SSSR count). The fraction of sp³-hybridized carbons (Fsp3) is 0.701. The number of unbranched alkanes of at least 4 members (excludes halogenated alkanes) is 32. The second-order valence-corrected chi connectivity index (χ2v) is 23.0. The van der Waals surface area contributed by atoms with E-state index >= 15 is 0 Å². The fourth-order valence-corrected chi connectivity index (χ4v) is 9.79. The van der Waals surface area contributed by atoms with Gasteiger partial charge in [-0.05, 0) is 109 Å². The van der Waals surface area contributed by atoms with Crippen LogP contribution < -0.4 is 0 Å². The Bertz CT molecular complexity index is 1700. The van der Waals surface area contributed by atoms with Crippen LogP contribution in [0.4, 0.5) is 0 Å². The van der Waals surface area contributed by atoms with Gasteiger partial charge in [0.25, 0.3) is 0 Å². The van der Waals surface area contributed by atoms with Crippen molar-refractivity contribution in [1.29, 1.82) is 0 Å². The minimum absolute atomic E-state index is 0.0779. The Hall–Kier alpha value is -4.19. The first-order valence-corrected chi connectivity index (χ1v) is 35.0. The highest BCUT2D eigenvalue weighted by Gasteiger charge is 2.19. The summed E-state index contributed by atoms with van der Waals surface area (Å²) in [5, 5.41) is 0. The molecule has 0 radical (unpaired) electrons. The van der Waals surface area contributed by atoms with Crippen molar-refractivity contribution >= 4 is 17.9 Å². The highest BCUT2D eigenvalue weighted by Crippen LogP contribution is 2.17. The Balaban J connectivity index is 3.99. The zero-order valence-corrected chi connectivity index (χ0v) is 54.4. The number of allylic oxidation sites excluding steroid dienone is 20. The lowest BCUT2D eigenvalue weighted by molar-refractivity contribution is -0.167. The molecule has 0 N–H and O–H groups in total. The molecule has 83 heavy (non-hydrogen) atoms. The van der Waals surface area contributed by atoms with Crippen molar-refractivity contribution in [2.45, 2.75) is 335 Å². The van der Waals surface area contributed by atoms with E-state index in [0.717, 1.165) is 128 Å². The van der Waals surface area contributed by atoms with Crippen LogP contribution in [0.2, 0.25) is 0 Å². The van der Waals surface area contributed by atoms with E-state index in [-0.39, 0.29) is 31.1 Å². The molecule has 474 valence electrons. The van der Waals surface area contributed by atoms with E-state index < -0.39 is 6.10 Å². The molecule has 0 aromatic rings. The van der Waals surface area contributed by atoms with Crippen LogP contribution in [0.1, 0.15) is 329 Å². The second kappa shape index (κ2) is 70.3. The van der Waals surface area contributed by atoms with E-state index in [1.807, 2.05) is 0 Å². The lowest BCUT2D eigenvalue weighted by Gasteiger charge is -2.18. The largest absolute Gasteiger partial charge is 0.462 e. The van der Waals surface area contributed by atoms with Crippen LogP contribution in [0.25, 0.3) is 0 Å². The van der Waals surface area contributed by atoms with Crippen LogP contribution in [0.3, 0.4) is 0 Å². The van der Waals surface area contributed by atoms with Crippen molar-refractivity contribution in [3.63, 3.8) is 0 Å². The van der Waals surface area contributed by atoms with Gasteiger partial charge in [0.15, 0.2) is 6.10 Å².